The number of hydrogen-bond donors (Lipinski definition) is 2. The van der Waals surface area contributed by atoms with Crippen LogP contribution >= 0.6 is 0 Å². The zero-order chi connectivity index (χ0) is 26.8. The minimum Gasteiger partial charge on any atom is -0.494 e. The van der Waals surface area contributed by atoms with Crippen LogP contribution in [0.2, 0.25) is 0 Å². The molecule has 3 aromatic carbocycles. The molecule has 2 N–H and O–H groups in total. The summed E-state index contributed by atoms with van der Waals surface area (Å²) < 4.78 is 38.6. The van der Waals surface area contributed by atoms with Gasteiger partial charge in [0, 0.05) is 13.7 Å². The van der Waals surface area contributed by atoms with Gasteiger partial charge in [-0.05, 0) is 62.4 Å². The summed E-state index contributed by atoms with van der Waals surface area (Å²) in [5.41, 5.74) is 1.72. The van der Waals surface area contributed by atoms with E-state index in [9.17, 15) is 18.0 Å². The highest BCUT2D eigenvalue weighted by atomic mass is 32.2. The Morgan fingerprint density at radius 2 is 1.62 bits per heavy atom. The minimum absolute atomic E-state index is 0.0534. The van der Waals surface area contributed by atoms with Gasteiger partial charge in [-0.25, -0.2) is 8.42 Å². The van der Waals surface area contributed by atoms with Crippen molar-refractivity contribution in [3.05, 3.63) is 83.9 Å². The number of ether oxygens (including phenoxy) is 2. The predicted molar refractivity (Wildman–Crippen MR) is 143 cm³/mol. The molecule has 0 spiro atoms. The first kappa shape index (κ1) is 27.7. The van der Waals surface area contributed by atoms with Crippen molar-refractivity contribution in [3.63, 3.8) is 0 Å². The lowest BCUT2D eigenvalue weighted by molar-refractivity contribution is -0.114. The van der Waals surface area contributed by atoms with Gasteiger partial charge in [0.2, 0.25) is 5.91 Å². The monoisotopic (exact) mass is 525 g/mol. The summed E-state index contributed by atoms with van der Waals surface area (Å²) in [6.07, 6.45) is 0. The third-order valence-corrected chi connectivity index (χ3v) is 7.16. The van der Waals surface area contributed by atoms with E-state index in [1.54, 1.807) is 60.7 Å². The fraction of sp³-hybridized carbons (Fsp3) is 0.259. The molecule has 0 unspecified atom stereocenters. The van der Waals surface area contributed by atoms with Crippen molar-refractivity contribution in [2.75, 3.05) is 43.0 Å². The Kier molecular flexibility index (Phi) is 9.64. The Morgan fingerprint density at radius 3 is 2.27 bits per heavy atom. The van der Waals surface area contributed by atoms with Gasteiger partial charge in [-0.1, -0.05) is 29.8 Å². The number of rotatable bonds is 12. The SMILES string of the molecule is CCOc1ccc(N(CC(=O)Nc2ccccc2C(=O)NCCOC)S(=O)(=O)c2ccc(C)cc2)cc1. The molecule has 0 fully saturated rings. The molecule has 0 aromatic heterocycles. The topological polar surface area (TPSA) is 114 Å². The Morgan fingerprint density at radius 1 is 0.946 bits per heavy atom. The summed E-state index contributed by atoms with van der Waals surface area (Å²) in [6, 6.07) is 19.4. The molecule has 37 heavy (non-hydrogen) atoms. The summed E-state index contributed by atoms with van der Waals surface area (Å²) in [6.45, 7) is 4.31. The Bertz CT molecular complexity index is 1310. The zero-order valence-corrected chi connectivity index (χ0v) is 21.9. The second-order valence-corrected chi connectivity index (χ2v) is 9.96. The molecule has 0 atom stereocenters. The molecular formula is C27H31N3O6S. The lowest BCUT2D eigenvalue weighted by atomic mass is 10.1. The van der Waals surface area contributed by atoms with E-state index < -0.39 is 22.5 Å². The molecule has 0 saturated heterocycles. The first-order valence-corrected chi connectivity index (χ1v) is 13.2. The normalized spacial score (nSPS) is 11.0. The number of anilines is 2. The third-order valence-electron chi connectivity index (χ3n) is 5.37. The number of para-hydroxylation sites is 1. The number of carbonyl (C=O) groups excluding carboxylic acids is 2. The van der Waals surface area contributed by atoms with E-state index in [1.165, 1.54) is 19.2 Å². The van der Waals surface area contributed by atoms with Crippen LogP contribution in [0.4, 0.5) is 11.4 Å². The van der Waals surface area contributed by atoms with Crippen LogP contribution in [-0.2, 0) is 19.6 Å². The van der Waals surface area contributed by atoms with Gasteiger partial charge < -0.3 is 20.1 Å². The lowest BCUT2D eigenvalue weighted by Gasteiger charge is -2.24. The molecule has 3 aromatic rings. The van der Waals surface area contributed by atoms with Crippen LogP contribution < -0.4 is 19.7 Å². The van der Waals surface area contributed by atoms with E-state index >= 15 is 0 Å². The minimum atomic E-state index is -4.09. The number of aryl methyl sites for hydroxylation is 1. The van der Waals surface area contributed by atoms with Gasteiger partial charge in [-0.2, -0.15) is 0 Å². The number of amides is 2. The maximum Gasteiger partial charge on any atom is 0.264 e. The molecule has 0 heterocycles. The largest absolute Gasteiger partial charge is 0.494 e. The molecule has 0 aliphatic rings. The van der Waals surface area contributed by atoms with Gasteiger partial charge in [-0.15, -0.1) is 0 Å². The van der Waals surface area contributed by atoms with Gasteiger partial charge in [0.25, 0.3) is 15.9 Å². The van der Waals surface area contributed by atoms with Crippen molar-refractivity contribution in [2.24, 2.45) is 0 Å². The van der Waals surface area contributed by atoms with Gasteiger partial charge in [0.05, 0.1) is 35.0 Å². The van der Waals surface area contributed by atoms with Crippen molar-refractivity contribution in [3.8, 4) is 5.75 Å². The van der Waals surface area contributed by atoms with E-state index in [2.05, 4.69) is 10.6 Å². The molecule has 10 heteroatoms. The molecule has 2 amide bonds. The first-order valence-electron chi connectivity index (χ1n) is 11.7. The standard InChI is InChI=1S/C27H31N3O6S/c1-4-36-22-13-11-21(12-14-22)30(37(33,34)23-15-9-20(2)10-16-23)19-26(31)29-25-8-6-5-7-24(25)27(32)28-17-18-35-3/h5-16H,4,17-19H2,1-3H3,(H,28,32)(H,29,31). The lowest BCUT2D eigenvalue weighted by Crippen LogP contribution is -2.38. The number of nitrogens with one attached hydrogen (secondary N) is 2. The van der Waals surface area contributed by atoms with Crippen LogP contribution in [0.25, 0.3) is 0 Å². The van der Waals surface area contributed by atoms with Crippen LogP contribution in [0.3, 0.4) is 0 Å². The molecule has 196 valence electrons. The first-order chi connectivity index (χ1) is 17.8. The fourth-order valence-electron chi connectivity index (χ4n) is 3.50. The average molecular weight is 526 g/mol. The van der Waals surface area contributed by atoms with Crippen LogP contribution in [0.1, 0.15) is 22.8 Å². The van der Waals surface area contributed by atoms with Crippen molar-refractivity contribution in [1.82, 2.24) is 5.32 Å². The highest BCUT2D eigenvalue weighted by Crippen LogP contribution is 2.26. The van der Waals surface area contributed by atoms with Crippen LogP contribution in [0.5, 0.6) is 5.75 Å². The van der Waals surface area contributed by atoms with Gasteiger partial charge in [0.15, 0.2) is 0 Å². The zero-order valence-electron chi connectivity index (χ0n) is 21.1. The van der Waals surface area contributed by atoms with E-state index in [0.717, 1.165) is 9.87 Å². The number of sulfonamides is 1. The third kappa shape index (κ3) is 7.31. The van der Waals surface area contributed by atoms with Crippen molar-refractivity contribution in [2.45, 2.75) is 18.7 Å². The van der Waals surface area contributed by atoms with E-state index in [-0.39, 0.29) is 22.1 Å². The second-order valence-electron chi connectivity index (χ2n) is 8.09. The van der Waals surface area contributed by atoms with Gasteiger partial charge in [0.1, 0.15) is 12.3 Å². The molecular weight excluding hydrogens is 494 g/mol. The second kappa shape index (κ2) is 12.9. The summed E-state index contributed by atoms with van der Waals surface area (Å²) >= 11 is 0. The number of methoxy groups -OCH3 is 1. The van der Waals surface area contributed by atoms with E-state index in [4.69, 9.17) is 9.47 Å². The predicted octanol–water partition coefficient (Wildman–Crippen LogP) is 3.60. The van der Waals surface area contributed by atoms with Gasteiger partial charge in [-0.3, -0.25) is 13.9 Å². The van der Waals surface area contributed by atoms with Crippen LogP contribution in [0.15, 0.2) is 77.7 Å². The Balaban J connectivity index is 1.89. The highest BCUT2D eigenvalue weighted by Gasteiger charge is 2.28. The Labute approximate surface area is 217 Å². The summed E-state index contributed by atoms with van der Waals surface area (Å²) in [5.74, 6) is -0.415. The molecule has 0 aliphatic heterocycles. The van der Waals surface area contributed by atoms with E-state index in [1.807, 2.05) is 13.8 Å². The van der Waals surface area contributed by atoms with Crippen LogP contribution in [-0.4, -0.2) is 53.6 Å². The highest BCUT2D eigenvalue weighted by molar-refractivity contribution is 7.92. The van der Waals surface area contributed by atoms with Gasteiger partial charge >= 0.3 is 0 Å². The van der Waals surface area contributed by atoms with Crippen molar-refractivity contribution < 1.29 is 27.5 Å². The average Bonchev–Trinajstić information content (AvgIpc) is 2.88. The molecule has 0 aliphatic carbocycles. The molecule has 9 nitrogen and oxygen atoms in total. The number of nitrogens with zero attached hydrogens (tertiary/aromatic N) is 1. The van der Waals surface area contributed by atoms with Crippen LogP contribution in [0, 0.1) is 6.92 Å². The maximum absolute atomic E-state index is 13.6. The van der Waals surface area contributed by atoms with E-state index in [0.29, 0.717) is 31.2 Å². The molecule has 0 bridgehead atoms. The Hall–Kier alpha value is -3.89. The number of benzene rings is 3. The van der Waals surface area contributed by atoms with Crippen molar-refractivity contribution >= 4 is 33.2 Å². The molecule has 0 radical (unpaired) electrons. The molecule has 3 rings (SSSR count). The summed E-state index contributed by atoms with van der Waals surface area (Å²) in [7, 11) is -2.56. The quantitative estimate of drug-likeness (QED) is 0.349. The van der Waals surface area contributed by atoms with Crippen molar-refractivity contribution in [1.29, 1.82) is 0 Å². The smallest absolute Gasteiger partial charge is 0.264 e. The fourth-order valence-corrected chi connectivity index (χ4v) is 4.92. The maximum atomic E-state index is 13.6. The summed E-state index contributed by atoms with van der Waals surface area (Å²) in [5, 5.41) is 5.40. The number of carbonyl (C=O) groups is 2. The molecule has 0 saturated carbocycles. The number of hydrogen-bond acceptors (Lipinski definition) is 6. The summed E-state index contributed by atoms with van der Waals surface area (Å²) in [4.78, 5) is 25.8.